The number of anilines is 1. The van der Waals surface area contributed by atoms with E-state index in [1.54, 1.807) is 0 Å². The first-order valence-corrected chi connectivity index (χ1v) is 8.23. The van der Waals surface area contributed by atoms with E-state index in [1.807, 2.05) is 0 Å². The van der Waals surface area contributed by atoms with Crippen LogP contribution in [0.2, 0.25) is 5.02 Å². The minimum absolute atomic E-state index is 0.00424. The monoisotopic (exact) mass is 363 g/mol. The second kappa shape index (κ2) is 7.61. The Labute approximate surface area is 144 Å². The number of nitrogens with zero attached hydrogens (tertiary/aromatic N) is 1. The predicted molar refractivity (Wildman–Crippen MR) is 88.3 cm³/mol. The molecule has 2 rings (SSSR count). The van der Waals surface area contributed by atoms with Gasteiger partial charge >= 0.3 is 12.2 Å². The van der Waals surface area contributed by atoms with Gasteiger partial charge in [-0.3, -0.25) is 0 Å². The largest absolute Gasteiger partial charge is 0.416 e. The van der Waals surface area contributed by atoms with Gasteiger partial charge in [0.15, 0.2) is 0 Å². The SMILES string of the molecule is CC(C)N1CCC(NC(=O)Nc2cc(C(F)(F)F)ccc2Cl)CC1. The van der Waals surface area contributed by atoms with Crippen molar-refractivity contribution < 1.29 is 18.0 Å². The molecule has 2 amide bonds. The maximum absolute atomic E-state index is 12.7. The highest BCUT2D eigenvalue weighted by molar-refractivity contribution is 6.33. The van der Waals surface area contributed by atoms with E-state index in [2.05, 4.69) is 29.4 Å². The Bertz CT molecular complexity index is 584. The van der Waals surface area contributed by atoms with Crippen molar-refractivity contribution in [3.8, 4) is 0 Å². The van der Waals surface area contributed by atoms with Gasteiger partial charge in [-0.25, -0.2) is 4.79 Å². The summed E-state index contributed by atoms with van der Waals surface area (Å²) in [4.78, 5) is 14.4. The number of carbonyl (C=O) groups excluding carboxylic acids is 1. The number of rotatable bonds is 3. The van der Waals surface area contributed by atoms with Crippen LogP contribution in [0.3, 0.4) is 0 Å². The van der Waals surface area contributed by atoms with Crippen LogP contribution < -0.4 is 10.6 Å². The number of alkyl halides is 3. The minimum atomic E-state index is -4.48. The number of amides is 2. The second-order valence-electron chi connectivity index (χ2n) is 6.19. The highest BCUT2D eigenvalue weighted by Gasteiger charge is 2.31. The van der Waals surface area contributed by atoms with Gasteiger partial charge in [0.1, 0.15) is 0 Å². The smallest absolute Gasteiger partial charge is 0.335 e. The normalized spacial score (nSPS) is 17.1. The Hall–Kier alpha value is -1.47. The molecular weight excluding hydrogens is 343 g/mol. The van der Waals surface area contributed by atoms with E-state index in [1.165, 1.54) is 0 Å². The third kappa shape index (κ3) is 5.01. The molecule has 0 radical (unpaired) electrons. The number of hydrogen-bond acceptors (Lipinski definition) is 2. The highest BCUT2D eigenvalue weighted by atomic mass is 35.5. The lowest BCUT2D eigenvalue weighted by Crippen LogP contribution is -2.47. The third-order valence-electron chi connectivity index (χ3n) is 4.14. The molecule has 0 saturated carbocycles. The number of urea groups is 1. The minimum Gasteiger partial charge on any atom is -0.335 e. The van der Waals surface area contributed by atoms with Crippen LogP contribution in [0, 0.1) is 0 Å². The van der Waals surface area contributed by atoms with Crippen molar-refractivity contribution in [2.24, 2.45) is 0 Å². The standard InChI is InChI=1S/C16H21ClF3N3O/c1-10(2)23-7-5-12(6-8-23)21-15(24)22-14-9-11(16(18,19)20)3-4-13(14)17/h3-4,9-10,12H,5-8H2,1-2H3,(H2,21,22,24). The number of nitrogens with one attached hydrogen (secondary N) is 2. The van der Waals surface area contributed by atoms with E-state index in [0.29, 0.717) is 6.04 Å². The molecule has 0 atom stereocenters. The third-order valence-corrected chi connectivity index (χ3v) is 4.47. The molecule has 0 spiro atoms. The summed E-state index contributed by atoms with van der Waals surface area (Å²) in [6, 6.07) is 2.77. The summed E-state index contributed by atoms with van der Waals surface area (Å²) in [5.74, 6) is 0. The first kappa shape index (κ1) is 18.9. The van der Waals surface area contributed by atoms with Gasteiger partial charge in [0.05, 0.1) is 16.3 Å². The number of hydrogen-bond donors (Lipinski definition) is 2. The first-order chi connectivity index (χ1) is 11.2. The summed E-state index contributed by atoms with van der Waals surface area (Å²) in [5.41, 5.74) is -0.906. The maximum atomic E-state index is 12.7. The molecule has 1 heterocycles. The average molecular weight is 364 g/mol. The molecule has 2 N–H and O–H groups in total. The van der Waals surface area contributed by atoms with Crippen molar-refractivity contribution in [1.29, 1.82) is 0 Å². The molecule has 0 aromatic heterocycles. The molecule has 4 nitrogen and oxygen atoms in total. The first-order valence-electron chi connectivity index (χ1n) is 7.85. The Balaban J connectivity index is 1.93. The van der Waals surface area contributed by atoms with Gasteiger partial charge < -0.3 is 15.5 Å². The van der Waals surface area contributed by atoms with Crippen LogP contribution in [0.1, 0.15) is 32.3 Å². The van der Waals surface area contributed by atoms with Gasteiger partial charge in [-0.2, -0.15) is 13.2 Å². The topological polar surface area (TPSA) is 44.4 Å². The van der Waals surface area contributed by atoms with Crippen LogP contribution in [0.5, 0.6) is 0 Å². The van der Waals surface area contributed by atoms with Gasteiger partial charge in [-0.1, -0.05) is 11.6 Å². The summed E-state index contributed by atoms with van der Waals surface area (Å²) >= 11 is 5.87. The van der Waals surface area contributed by atoms with E-state index in [0.717, 1.165) is 44.1 Å². The van der Waals surface area contributed by atoms with Crippen molar-refractivity contribution in [1.82, 2.24) is 10.2 Å². The highest BCUT2D eigenvalue weighted by Crippen LogP contribution is 2.33. The number of carbonyl (C=O) groups is 1. The Morgan fingerprint density at radius 2 is 1.92 bits per heavy atom. The van der Waals surface area contributed by atoms with Gasteiger partial charge in [-0.15, -0.1) is 0 Å². The molecule has 0 unspecified atom stereocenters. The average Bonchev–Trinajstić information content (AvgIpc) is 2.48. The summed E-state index contributed by atoms with van der Waals surface area (Å²) in [5, 5.41) is 5.27. The number of benzene rings is 1. The molecule has 1 aliphatic rings. The quantitative estimate of drug-likeness (QED) is 0.838. The van der Waals surface area contributed by atoms with Crippen LogP contribution in [0.25, 0.3) is 0 Å². The number of halogens is 4. The van der Waals surface area contributed by atoms with Crippen molar-refractivity contribution in [3.05, 3.63) is 28.8 Å². The van der Waals surface area contributed by atoms with E-state index >= 15 is 0 Å². The molecule has 1 aliphatic heterocycles. The van der Waals surface area contributed by atoms with Crippen molar-refractivity contribution in [2.75, 3.05) is 18.4 Å². The number of likely N-dealkylation sites (tertiary alicyclic amines) is 1. The van der Waals surface area contributed by atoms with Gasteiger partial charge in [-0.05, 0) is 44.9 Å². The predicted octanol–water partition coefficient (Wildman–Crippen LogP) is 4.35. The summed E-state index contributed by atoms with van der Waals surface area (Å²) < 4.78 is 38.2. The van der Waals surface area contributed by atoms with Crippen LogP contribution in [-0.4, -0.2) is 36.1 Å². The zero-order chi connectivity index (χ0) is 17.9. The maximum Gasteiger partial charge on any atom is 0.416 e. The molecule has 0 aliphatic carbocycles. The Morgan fingerprint density at radius 3 is 2.46 bits per heavy atom. The Kier molecular flexibility index (Phi) is 5.98. The van der Waals surface area contributed by atoms with Crippen molar-refractivity contribution in [2.45, 2.75) is 44.9 Å². The molecule has 1 aromatic carbocycles. The molecular formula is C16H21ClF3N3O. The van der Waals surface area contributed by atoms with Crippen LogP contribution >= 0.6 is 11.6 Å². The Morgan fingerprint density at radius 1 is 1.29 bits per heavy atom. The van der Waals surface area contributed by atoms with E-state index in [4.69, 9.17) is 11.6 Å². The van der Waals surface area contributed by atoms with E-state index in [9.17, 15) is 18.0 Å². The lowest BCUT2D eigenvalue weighted by Gasteiger charge is -2.34. The molecule has 1 fully saturated rings. The molecule has 8 heteroatoms. The molecule has 0 bridgehead atoms. The fraction of sp³-hybridized carbons (Fsp3) is 0.562. The zero-order valence-electron chi connectivity index (χ0n) is 13.6. The van der Waals surface area contributed by atoms with Crippen LogP contribution in [0.15, 0.2) is 18.2 Å². The fourth-order valence-corrected chi connectivity index (χ4v) is 2.87. The van der Waals surface area contributed by atoms with Gasteiger partial charge in [0.2, 0.25) is 0 Å². The fourth-order valence-electron chi connectivity index (χ4n) is 2.70. The van der Waals surface area contributed by atoms with Crippen LogP contribution in [-0.2, 0) is 6.18 Å². The summed E-state index contributed by atoms with van der Waals surface area (Å²) in [6.07, 6.45) is -2.87. The zero-order valence-corrected chi connectivity index (χ0v) is 14.3. The summed E-state index contributed by atoms with van der Waals surface area (Å²) in [6.45, 7) is 6.01. The second-order valence-corrected chi connectivity index (χ2v) is 6.60. The van der Waals surface area contributed by atoms with E-state index < -0.39 is 17.8 Å². The molecule has 1 aromatic rings. The summed E-state index contributed by atoms with van der Waals surface area (Å²) in [7, 11) is 0. The van der Waals surface area contributed by atoms with Gasteiger partial charge in [0.25, 0.3) is 0 Å². The van der Waals surface area contributed by atoms with E-state index in [-0.39, 0.29) is 16.8 Å². The lowest BCUT2D eigenvalue weighted by molar-refractivity contribution is -0.137. The van der Waals surface area contributed by atoms with Crippen LogP contribution in [0.4, 0.5) is 23.7 Å². The molecule has 1 saturated heterocycles. The lowest BCUT2D eigenvalue weighted by atomic mass is 10.0. The molecule has 24 heavy (non-hydrogen) atoms. The molecule has 134 valence electrons. The van der Waals surface area contributed by atoms with Gasteiger partial charge in [0, 0.05) is 25.2 Å². The number of piperidine rings is 1. The van der Waals surface area contributed by atoms with Crippen molar-refractivity contribution in [3.63, 3.8) is 0 Å². The van der Waals surface area contributed by atoms with Crippen molar-refractivity contribution >= 4 is 23.3 Å².